The van der Waals surface area contributed by atoms with Crippen LogP contribution in [0.2, 0.25) is 0 Å². The molecule has 18 heavy (non-hydrogen) atoms. The van der Waals surface area contributed by atoms with Crippen molar-refractivity contribution in [2.75, 3.05) is 33.8 Å². The minimum atomic E-state index is 0.688. The number of hydrogen-bond donors (Lipinski definition) is 1. The molecule has 1 atom stereocenters. The van der Waals surface area contributed by atoms with Crippen molar-refractivity contribution in [1.82, 2.24) is 10.2 Å². The molecule has 0 spiro atoms. The Morgan fingerprint density at radius 1 is 1.39 bits per heavy atom. The molecule has 1 fully saturated rings. The number of para-hydroxylation sites is 1. The van der Waals surface area contributed by atoms with Gasteiger partial charge in [-0.2, -0.15) is 0 Å². The Bertz CT molecular complexity index is 361. The Morgan fingerprint density at radius 3 is 2.94 bits per heavy atom. The van der Waals surface area contributed by atoms with Gasteiger partial charge in [-0.25, -0.2) is 0 Å². The quantitative estimate of drug-likeness (QED) is 0.861. The van der Waals surface area contributed by atoms with Crippen LogP contribution in [0.5, 0.6) is 5.75 Å². The molecule has 1 aliphatic rings. The number of nitrogens with zero attached hydrogens (tertiary/aromatic N) is 1. The van der Waals surface area contributed by atoms with Gasteiger partial charge in [0, 0.05) is 19.1 Å². The molecule has 0 radical (unpaired) electrons. The maximum atomic E-state index is 5.39. The van der Waals surface area contributed by atoms with Crippen LogP contribution in [0, 0.1) is 0 Å². The average Bonchev–Trinajstić information content (AvgIpc) is 2.46. The molecule has 1 aliphatic heterocycles. The van der Waals surface area contributed by atoms with E-state index in [0.717, 1.165) is 25.3 Å². The number of piperidine rings is 1. The maximum Gasteiger partial charge on any atom is 0.122 e. The van der Waals surface area contributed by atoms with E-state index in [0.29, 0.717) is 6.04 Å². The summed E-state index contributed by atoms with van der Waals surface area (Å²) in [5.41, 5.74) is 1.30. The Kier molecular flexibility index (Phi) is 5.02. The molecule has 1 heterocycles. The molecule has 3 heteroatoms. The van der Waals surface area contributed by atoms with Gasteiger partial charge in [-0.1, -0.05) is 18.2 Å². The zero-order valence-corrected chi connectivity index (χ0v) is 11.5. The summed E-state index contributed by atoms with van der Waals surface area (Å²) in [6, 6.07) is 8.99. The van der Waals surface area contributed by atoms with Crippen molar-refractivity contribution < 1.29 is 4.74 Å². The number of ether oxygens (including phenoxy) is 1. The second kappa shape index (κ2) is 6.76. The molecule has 100 valence electrons. The summed E-state index contributed by atoms with van der Waals surface area (Å²) in [6.45, 7) is 3.39. The molecule has 1 unspecified atom stereocenters. The highest BCUT2D eigenvalue weighted by Gasteiger charge is 2.17. The largest absolute Gasteiger partial charge is 0.496 e. The van der Waals surface area contributed by atoms with Gasteiger partial charge in [0.05, 0.1) is 7.11 Å². The molecule has 0 aromatic heterocycles. The Morgan fingerprint density at radius 2 is 2.22 bits per heavy atom. The van der Waals surface area contributed by atoms with Crippen LogP contribution in [0.15, 0.2) is 24.3 Å². The van der Waals surface area contributed by atoms with Crippen molar-refractivity contribution in [2.45, 2.75) is 25.3 Å². The lowest BCUT2D eigenvalue weighted by Crippen LogP contribution is -2.44. The second-order valence-electron chi connectivity index (χ2n) is 5.04. The lowest BCUT2D eigenvalue weighted by atomic mass is 10.1. The molecule has 1 N–H and O–H groups in total. The van der Waals surface area contributed by atoms with Crippen LogP contribution in [0.4, 0.5) is 0 Å². The van der Waals surface area contributed by atoms with Crippen LogP contribution in [0.25, 0.3) is 0 Å². The number of hydrogen-bond acceptors (Lipinski definition) is 3. The van der Waals surface area contributed by atoms with Crippen LogP contribution >= 0.6 is 0 Å². The van der Waals surface area contributed by atoms with Gasteiger partial charge >= 0.3 is 0 Å². The summed E-state index contributed by atoms with van der Waals surface area (Å²) in [7, 11) is 3.97. The maximum absolute atomic E-state index is 5.39. The van der Waals surface area contributed by atoms with Crippen LogP contribution in [0.1, 0.15) is 18.4 Å². The van der Waals surface area contributed by atoms with E-state index >= 15 is 0 Å². The molecule has 1 aromatic rings. The fraction of sp³-hybridized carbons (Fsp3) is 0.600. The summed E-state index contributed by atoms with van der Waals surface area (Å²) in [4.78, 5) is 2.47. The third-order valence-corrected chi connectivity index (χ3v) is 3.82. The van der Waals surface area contributed by atoms with Crippen molar-refractivity contribution in [2.24, 2.45) is 0 Å². The first-order chi connectivity index (χ1) is 8.81. The van der Waals surface area contributed by atoms with E-state index in [1.165, 1.54) is 24.9 Å². The van der Waals surface area contributed by atoms with Crippen molar-refractivity contribution in [3.8, 4) is 5.75 Å². The molecule has 3 nitrogen and oxygen atoms in total. The molecule has 0 bridgehead atoms. The molecule has 2 rings (SSSR count). The third kappa shape index (κ3) is 3.47. The molecular weight excluding hydrogens is 224 g/mol. The lowest BCUT2D eigenvalue weighted by Gasteiger charge is -2.31. The van der Waals surface area contributed by atoms with E-state index in [1.54, 1.807) is 7.11 Å². The number of likely N-dealkylation sites (N-methyl/N-ethyl adjacent to an activating group) is 1. The minimum Gasteiger partial charge on any atom is -0.496 e. The first-order valence-electron chi connectivity index (χ1n) is 6.84. The van der Waals surface area contributed by atoms with Crippen LogP contribution in [-0.4, -0.2) is 44.7 Å². The Labute approximate surface area is 110 Å². The topological polar surface area (TPSA) is 24.5 Å². The minimum absolute atomic E-state index is 0.688. The third-order valence-electron chi connectivity index (χ3n) is 3.82. The Balaban J connectivity index is 1.86. The summed E-state index contributed by atoms with van der Waals surface area (Å²) in [5.74, 6) is 1.01. The van der Waals surface area contributed by atoms with Gasteiger partial charge in [0.25, 0.3) is 0 Å². The van der Waals surface area contributed by atoms with Crippen molar-refractivity contribution in [3.63, 3.8) is 0 Å². The molecule has 1 saturated heterocycles. The van der Waals surface area contributed by atoms with Gasteiger partial charge in [0.15, 0.2) is 0 Å². The normalized spacial score (nSPS) is 20.1. The highest BCUT2D eigenvalue weighted by Crippen LogP contribution is 2.18. The number of rotatable bonds is 5. The summed E-state index contributed by atoms with van der Waals surface area (Å²) < 4.78 is 5.39. The predicted octanol–water partition coefficient (Wildman–Crippen LogP) is 1.92. The van der Waals surface area contributed by atoms with E-state index in [-0.39, 0.29) is 0 Å². The lowest BCUT2D eigenvalue weighted by molar-refractivity contribution is 0.205. The zero-order chi connectivity index (χ0) is 12.8. The molecule has 0 saturated carbocycles. The van der Waals surface area contributed by atoms with E-state index < -0.39 is 0 Å². The molecule has 0 aliphatic carbocycles. The first kappa shape index (κ1) is 13.4. The first-order valence-corrected chi connectivity index (χ1v) is 6.84. The number of nitrogens with one attached hydrogen (secondary N) is 1. The van der Waals surface area contributed by atoms with Crippen molar-refractivity contribution in [1.29, 1.82) is 0 Å². The van der Waals surface area contributed by atoms with Crippen LogP contribution in [0.3, 0.4) is 0 Å². The van der Waals surface area contributed by atoms with E-state index in [4.69, 9.17) is 4.74 Å². The van der Waals surface area contributed by atoms with Gasteiger partial charge in [0.2, 0.25) is 0 Å². The average molecular weight is 248 g/mol. The fourth-order valence-corrected chi connectivity index (χ4v) is 2.60. The molecular formula is C15H24N2O. The Hall–Kier alpha value is -1.06. The highest BCUT2D eigenvalue weighted by atomic mass is 16.5. The van der Waals surface area contributed by atoms with Crippen molar-refractivity contribution >= 4 is 0 Å². The molecule has 1 aromatic carbocycles. The van der Waals surface area contributed by atoms with E-state index in [2.05, 4.69) is 29.4 Å². The second-order valence-corrected chi connectivity index (χ2v) is 5.04. The fourth-order valence-electron chi connectivity index (χ4n) is 2.60. The van der Waals surface area contributed by atoms with E-state index in [9.17, 15) is 0 Å². The number of benzene rings is 1. The van der Waals surface area contributed by atoms with Gasteiger partial charge in [-0.15, -0.1) is 0 Å². The van der Waals surface area contributed by atoms with Gasteiger partial charge in [-0.3, -0.25) is 0 Å². The van der Waals surface area contributed by atoms with Crippen molar-refractivity contribution in [3.05, 3.63) is 29.8 Å². The van der Waals surface area contributed by atoms with Gasteiger partial charge < -0.3 is 15.0 Å². The van der Waals surface area contributed by atoms with Crippen LogP contribution < -0.4 is 10.1 Å². The van der Waals surface area contributed by atoms with Crippen LogP contribution in [-0.2, 0) is 6.42 Å². The number of methoxy groups -OCH3 is 1. The summed E-state index contributed by atoms with van der Waals surface area (Å²) in [5, 5.41) is 3.47. The summed E-state index contributed by atoms with van der Waals surface area (Å²) in [6.07, 6.45) is 3.66. The predicted molar refractivity (Wildman–Crippen MR) is 75.2 cm³/mol. The van der Waals surface area contributed by atoms with Gasteiger partial charge in [-0.05, 0) is 44.5 Å². The summed E-state index contributed by atoms with van der Waals surface area (Å²) >= 11 is 0. The zero-order valence-electron chi connectivity index (χ0n) is 11.5. The monoisotopic (exact) mass is 248 g/mol. The van der Waals surface area contributed by atoms with Gasteiger partial charge in [0.1, 0.15) is 5.75 Å². The standard InChI is InChI=1S/C15H24N2O/c1-17(14-7-5-10-16-12-14)11-9-13-6-3-4-8-15(13)18-2/h3-4,6,8,14,16H,5,7,9-12H2,1-2H3. The highest BCUT2D eigenvalue weighted by molar-refractivity contribution is 5.33. The molecule has 0 amide bonds. The SMILES string of the molecule is COc1ccccc1CCN(C)C1CCCNC1. The smallest absolute Gasteiger partial charge is 0.122 e. The van der Waals surface area contributed by atoms with E-state index in [1.807, 2.05) is 12.1 Å².